The van der Waals surface area contributed by atoms with Gasteiger partial charge in [0.1, 0.15) is 5.82 Å². The third-order valence-corrected chi connectivity index (χ3v) is 6.53. The van der Waals surface area contributed by atoms with E-state index in [-0.39, 0.29) is 23.4 Å². The molecule has 3 unspecified atom stereocenters. The number of ether oxygens (including phenoxy) is 2. The van der Waals surface area contributed by atoms with Crippen molar-refractivity contribution in [3.63, 3.8) is 0 Å². The maximum Gasteiger partial charge on any atom is 0.178 e. The highest BCUT2D eigenvalue weighted by Crippen LogP contribution is 2.59. The number of halogens is 1. The van der Waals surface area contributed by atoms with Gasteiger partial charge >= 0.3 is 0 Å². The van der Waals surface area contributed by atoms with E-state index in [9.17, 15) is 4.39 Å². The Morgan fingerprint density at radius 1 is 1.15 bits per heavy atom. The van der Waals surface area contributed by atoms with Gasteiger partial charge in [-0.15, -0.1) is 0 Å². The van der Waals surface area contributed by atoms with Gasteiger partial charge in [-0.05, 0) is 69.0 Å². The lowest BCUT2D eigenvalue weighted by atomic mass is 9.71. The van der Waals surface area contributed by atoms with Crippen molar-refractivity contribution >= 4 is 6.08 Å². The molecule has 27 heavy (non-hydrogen) atoms. The highest BCUT2D eigenvalue weighted by atomic mass is 19.1. The minimum atomic E-state index is -0.550. The predicted molar refractivity (Wildman–Crippen MR) is 101 cm³/mol. The summed E-state index contributed by atoms with van der Waals surface area (Å²) in [5.41, 5.74) is 4.32. The second-order valence-electron chi connectivity index (χ2n) is 8.47. The lowest BCUT2D eigenvalue weighted by Crippen LogP contribution is -2.55. The van der Waals surface area contributed by atoms with Crippen molar-refractivity contribution in [2.75, 3.05) is 0 Å². The maximum absolute atomic E-state index is 13.3. The van der Waals surface area contributed by atoms with Crippen LogP contribution in [0.5, 0.6) is 0 Å². The molecule has 1 aromatic heterocycles. The summed E-state index contributed by atoms with van der Waals surface area (Å²) in [6.45, 7) is 6.56. The SMILES string of the molecule is CC1CC(C)OC2(CCC3=Cc4c(cnn4-c4ccc(F)cc4)CC32C)O1. The summed E-state index contributed by atoms with van der Waals surface area (Å²) in [7, 11) is 0. The fourth-order valence-electron chi connectivity index (χ4n) is 5.21. The number of benzene rings is 1. The molecule has 2 aromatic rings. The lowest BCUT2D eigenvalue weighted by molar-refractivity contribution is -0.343. The van der Waals surface area contributed by atoms with Crippen LogP contribution in [0.4, 0.5) is 4.39 Å². The molecule has 2 fully saturated rings. The van der Waals surface area contributed by atoms with Crippen molar-refractivity contribution in [3.05, 3.63) is 53.1 Å². The van der Waals surface area contributed by atoms with Crippen molar-refractivity contribution < 1.29 is 13.9 Å². The van der Waals surface area contributed by atoms with E-state index in [4.69, 9.17) is 9.47 Å². The molecule has 1 spiro atoms. The van der Waals surface area contributed by atoms with Crippen molar-refractivity contribution in [1.29, 1.82) is 0 Å². The van der Waals surface area contributed by atoms with E-state index in [1.165, 1.54) is 23.3 Å². The molecule has 4 nitrogen and oxygen atoms in total. The zero-order chi connectivity index (χ0) is 18.8. The highest BCUT2D eigenvalue weighted by Gasteiger charge is 2.60. The zero-order valence-corrected chi connectivity index (χ0v) is 16.0. The van der Waals surface area contributed by atoms with Gasteiger partial charge in [0.15, 0.2) is 5.79 Å². The quantitative estimate of drug-likeness (QED) is 0.734. The molecular formula is C22H25FN2O2. The van der Waals surface area contributed by atoms with Crippen molar-refractivity contribution in [2.24, 2.45) is 5.41 Å². The first-order valence-corrected chi connectivity index (χ1v) is 9.80. The summed E-state index contributed by atoms with van der Waals surface area (Å²) < 4.78 is 28.1. The zero-order valence-electron chi connectivity index (χ0n) is 16.0. The van der Waals surface area contributed by atoms with Crippen LogP contribution >= 0.6 is 0 Å². The average molecular weight is 368 g/mol. The Morgan fingerprint density at radius 2 is 1.85 bits per heavy atom. The van der Waals surface area contributed by atoms with E-state index < -0.39 is 5.79 Å². The van der Waals surface area contributed by atoms with Gasteiger partial charge in [-0.2, -0.15) is 5.10 Å². The van der Waals surface area contributed by atoms with E-state index in [1.54, 1.807) is 12.1 Å². The largest absolute Gasteiger partial charge is 0.346 e. The molecular weight excluding hydrogens is 343 g/mol. The fourth-order valence-corrected chi connectivity index (χ4v) is 5.21. The Balaban J connectivity index is 1.56. The minimum Gasteiger partial charge on any atom is -0.346 e. The topological polar surface area (TPSA) is 36.3 Å². The lowest BCUT2D eigenvalue weighted by Gasteiger charge is -2.50. The molecule has 2 aliphatic carbocycles. The van der Waals surface area contributed by atoms with Crippen molar-refractivity contribution in [3.8, 4) is 5.69 Å². The number of aromatic nitrogens is 2. The summed E-state index contributed by atoms with van der Waals surface area (Å²) in [5.74, 6) is -0.788. The molecule has 2 heterocycles. The first-order valence-electron chi connectivity index (χ1n) is 9.80. The smallest absolute Gasteiger partial charge is 0.178 e. The van der Waals surface area contributed by atoms with Crippen LogP contribution < -0.4 is 0 Å². The van der Waals surface area contributed by atoms with Crippen LogP contribution in [0.1, 0.15) is 51.3 Å². The first-order chi connectivity index (χ1) is 12.9. The summed E-state index contributed by atoms with van der Waals surface area (Å²) in [6, 6.07) is 6.48. The third kappa shape index (κ3) is 2.44. The number of hydrogen-bond donors (Lipinski definition) is 0. The predicted octanol–water partition coefficient (Wildman–Crippen LogP) is 4.66. The van der Waals surface area contributed by atoms with Gasteiger partial charge in [0.2, 0.25) is 0 Å². The van der Waals surface area contributed by atoms with Crippen LogP contribution in [-0.4, -0.2) is 27.8 Å². The molecule has 142 valence electrons. The average Bonchev–Trinajstić information content (AvgIpc) is 3.12. The van der Waals surface area contributed by atoms with Gasteiger partial charge in [0, 0.05) is 11.8 Å². The van der Waals surface area contributed by atoms with E-state index in [0.29, 0.717) is 0 Å². The molecule has 1 saturated carbocycles. The van der Waals surface area contributed by atoms with Gasteiger partial charge in [0.25, 0.3) is 0 Å². The van der Waals surface area contributed by atoms with Crippen molar-refractivity contribution in [1.82, 2.24) is 9.78 Å². The van der Waals surface area contributed by atoms with Crippen LogP contribution in [0.3, 0.4) is 0 Å². The third-order valence-electron chi connectivity index (χ3n) is 6.53. The van der Waals surface area contributed by atoms with Gasteiger partial charge in [-0.25, -0.2) is 9.07 Å². The Hall–Kier alpha value is -1.98. The highest BCUT2D eigenvalue weighted by molar-refractivity contribution is 5.62. The summed E-state index contributed by atoms with van der Waals surface area (Å²) in [4.78, 5) is 0. The maximum atomic E-state index is 13.3. The Labute approximate surface area is 159 Å². The molecule has 1 saturated heterocycles. The van der Waals surface area contributed by atoms with E-state index >= 15 is 0 Å². The van der Waals surface area contributed by atoms with E-state index in [1.807, 2.05) is 10.9 Å². The summed E-state index contributed by atoms with van der Waals surface area (Å²) in [6.07, 6.45) is 8.21. The first kappa shape index (κ1) is 17.1. The normalized spacial score (nSPS) is 35.0. The standard InChI is InChI=1S/C22H25FN2O2/c1-14-10-15(2)27-22(26-14)9-8-17-11-20-16(12-21(17,22)3)13-24-25(20)19-6-4-18(23)5-7-19/h4-7,11,13-15H,8-10,12H2,1-3H3. The van der Waals surface area contributed by atoms with Crippen LogP contribution in [-0.2, 0) is 15.9 Å². The Kier molecular flexibility index (Phi) is 3.66. The number of hydrogen-bond acceptors (Lipinski definition) is 3. The monoisotopic (exact) mass is 368 g/mol. The number of nitrogens with zero attached hydrogens (tertiary/aromatic N) is 2. The molecule has 3 atom stereocenters. The second kappa shape index (κ2) is 5.76. The molecule has 3 aliphatic rings. The van der Waals surface area contributed by atoms with Gasteiger partial charge in [0.05, 0.1) is 29.8 Å². The molecule has 0 amide bonds. The van der Waals surface area contributed by atoms with E-state index in [0.717, 1.165) is 37.1 Å². The fraction of sp³-hybridized carbons (Fsp3) is 0.500. The molecule has 0 bridgehead atoms. The second-order valence-corrected chi connectivity index (χ2v) is 8.47. The van der Waals surface area contributed by atoms with Gasteiger partial charge in [-0.1, -0.05) is 12.5 Å². The van der Waals surface area contributed by atoms with Crippen molar-refractivity contribution in [2.45, 2.75) is 64.4 Å². The van der Waals surface area contributed by atoms with Crippen LogP contribution in [0.2, 0.25) is 0 Å². The summed E-state index contributed by atoms with van der Waals surface area (Å²) in [5, 5.41) is 4.59. The molecule has 1 aliphatic heterocycles. The van der Waals surface area contributed by atoms with Gasteiger partial charge < -0.3 is 9.47 Å². The Morgan fingerprint density at radius 3 is 2.56 bits per heavy atom. The molecule has 0 N–H and O–H groups in total. The molecule has 1 aromatic carbocycles. The van der Waals surface area contributed by atoms with Crippen LogP contribution in [0.25, 0.3) is 11.8 Å². The minimum absolute atomic E-state index is 0.181. The summed E-state index contributed by atoms with van der Waals surface area (Å²) >= 11 is 0. The van der Waals surface area contributed by atoms with Crippen LogP contribution in [0.15, 0.2) is 36.0 Å². The molecule has 0 radical (unpaired) electrons. The molecule has 5 heteroatoms. The molecule has 5 rings (SSSR count). The Bertz CT molecular complexity index is 907. The number of rotatable bonds is 1. The van der Waals surface area contributed by atoms with Gasteiger partial charge in [-0.3, -0.25) is 0 Å². The van der Waals surface area contributed by atoms with E-state index in [2.05, 4.69) is 31.9 Å². The van der Waals surface area contributed by atoms with Crippen LogP contribution in [0, 0.1) is 11.2 Å². The number of fused-ring (bicyclic) bond motifs is 3.